The van der Waals surface area contributed by atoms with Crippen LogP contribution in [0, 0.1) is 13.8 Å². The summed E-state index contributed by atoms with van der Waals surface area (Å²) in [6.45, 7) is 4.78. The summed E-state index contributed by atoms with van der Waals surface area (Å²) in [7, 11) is 0. The van der Waals surface area contributed by atoms with Crippen molar-refractivity contribution in [3.05, 3.63) is 100 Å². The van der Waals surface area contributed by atoms with Crippen LogP contribution in [0.3, 0.4) is 0 Å². The summed E-state index contributed by atoms with van der Waals surface area (Å²) in [5.74, 6) is 0.877. The van der Waals surface area contributed by atoms with Gasteiger partial charge in [0, 0.05) is 10.6 Å². The Morgan fingerprint density at radius 2 is 1.52 bits per heavy atom. The SMILES string of the molecule is Cc1cccc(C)c1OC/C(=N\OCc1ccccc1)c1ccc(Cl)cc1. The summed E-state index contributed by atoms with van der Waals surface area (Å²) in [5.41, 5.74) is 4.88. The number of benzene rings is 3. The number of oxime groups is 1. The van der Waals surface area contributed by atoms with E-state index in [4.69, 9.17) is 21.2 Å². The lowest BCUT2D eigenvalue weighted by atomic mass is 10.1. The molecule has 0 spiro atoms. The topological polar surface area (TPSA) is 30.8 Å². The number of hydrogen-bond donors (Lipinski definition) is 0. The van der Waals surface area contributed by atoms with Gasteiger partial charge in [-0.25, -0.2) is 0 Å². The van der Waals surface area contributed by atoms with Gasteiger partial charge >= 0.3 is 0 Å². The molecule has 3 rings (SSSR count). The summed E-state index contributed by atoms with van der Waals surface area (Å²) in [6, 6.07) is 23.5. The maximum Gasteiger partial charge on any atom is 0.142 e. The van der Waals surface area contributed by atoms with E-state index in [0.717, 1.165) is 28.0 Å². The van der Waals surface area contributed by atoms with Crippen molar-refractivity contribution < 1.29 is 9.57 Å². The number of ether oxygens (including phenoxy) is 1. The third kappa shape index (κ3) is 5.35. The van der Waals surface area contributed by atoms with Gasteiger partial charge in [-0.2, -0.15) is 0 Å². The Hall–Kier alpha value is -2.78. The lowest BCUT2D eigenvalue weighted by Crippen LogP contribution is -2.14. The summed E-state index contributed by atoms with van der Waals surface area (Å²) in [6.07, 6.45) is 0. The van der Waals surface area contributed by atoms with Crippen molar-refractivity contribution in [2.75, 3.05) is 6.61 Å². The Bertz CT molecular complexity index is 885. The third-order valence-corrected chi connectivity index (χ3v) is 4.44. The minimum Gasteiger partial charge on any atom is -0.487 e. The molecule has 4 heteroatoms. The molecule has 3 aromatic rings. The van der Waals surface area contributed by atoms with Crippen molar-refractivity contribution in [1.29, 1.82) is 0 Å². The number of para-hydroxylation sites is 1. The van der Waals surface area contributed by atoms with Gasteiger partial charge in [-0.1, -0.05) is 77.4 Å². The first-order chi connectivity index (χ1) is 13.1. The van der Waals surface area contributed by atoms with E-state index in [2.05, 4.69) is 5.16 Å². The van der Waals surface area contributed by atoms with Gasteiger partial charge in [-0.15, -0.1) is 0 Å². The lowest BCUT2D eigenvalue weighted by Gasteiger charge is -2.13. The predicted octanol–water partition coefficient (Wildman–Crippen LogP) is 5.96. The third-order valence-electron chi connectivity index (χ3n) is 4.19. The molecule has 0 aliphatic rings. The fourth-order valence-electron chi connectivity index (χ4n) is 2.73. The zero-order valence-corrected chi connectivity index (χ0v) is 16.2. The van der Waals surface area contributed by atoms with Crippen LogP contribution in [-0.2, 0) is 11.4 Å². The molecule has 0 heterocycles. The fraction of sp³-hybridized carbons (Fsp3) is 0.174. The fourth-order valence-corrected chi connectivity index (χ4v) is 2.86. The van der Waals surface area contributed by atoms with E-state index in [1.165, 1.54) is 0 Å². The molecule has 0 amide bonds. The second kappa shape index (κ2) is 9.24. The zero-order chi connectivity index (χ0) is 19.1. The van der Waals surface area contributed by atoms with E-state index < -0.39 is 0 Å². The van der Waals surface area contributed by atoms with Crippen LogP contribution in [0.15, 0.2) is 78.0 Å². The van der Waals surface area contributed by atoms with Gasteiger partial charge < -0.3 is 9.57 Å². The molecular weight excluding hydrogens is 358 g/mol. The van der Waals surface area contributed by atoms with Gasteiger partial charge in [0.1, 0.15) is 24.7 Å². The first-order valence-electron chi connectivity index (χ1n) is 8.81. The van der Waals surface area contributed by atoms with Gasteiger partial charge in [-0.05, 0) is 42.7 Å². The molecule has 0 aliphatic heterocycles. The number of nitrogens with zero attached hydrogens (tertiary/aromatic N) is 1. The normalized spacial score (nSPS) is 11.3. The van der Waals surface area contributed by atoms with Crippen LogP contribution in [0.2, 0.25) is 5.02 Å². The number of rotatable bonds is 7. The zero-order valence-electron chi connectivity index (χ0n) is 15.5. The molecule has 0 saturated carbocycles. The lowest BCUT2D eigenvalue weighted by molar-refractivity contribution is 0.129. The van der Waals surface area contributed by atoms with Crippen molar-refractivity contribution in [3.63, 3.8) is 0 Å². The molecule has 0 aliphatic carbocycles. The highest BCUT2D eigenvalue weighted by Crippen LogP contribution is 2.23. The Morgan fingerprint density at radius 1 is 0.852 bits per heavy atom. The monoisotopic (exact) mass is 379 g/mol. The molecule has 0 bridgehead atoms. The highest BCUT2D eigenvalue weighted by molar-refractivity contribution is 6.30. The van der Waals surface area contributed by atoms with Gasteiger partial charge in [0.05, 0.1) is 0 Å². The van der Waals surface area contributed by atoms with E-state index in [0.29, 0.717) is 23.9 Å². The van der Waals surface area contributed by atoms with Gasteiger partial charge in [-0.3, -0.25) is 0 Å². The van der Waals surface area contributed by atoms with E-state index >= 15 is 0 Å². The van der Waals surface area contributed by atoms with E-state index in [-0.39, 0.29) is 0 Å². The van der Waals surface area contributed by atoms with E-state index in [1.54, 1.807) is 0 Å². The molecule has 3 aromatic carbocycles. The van der Waals surface area contributed by atoms with E-state index in [1.807, 2.05) is 86.6 Å². The molecule has 0 saturated heterocycles. The standard InChI is InChI=1S/C23H22ClNO2/c1-17-7-6-8-18(2)23(17)26-16-22(20-11-13-21(24)14-12-20)25-27-15-19-9-4-3-5-10-19/h3-14H,15-16H2,1-2H3/b25-22+. The number of hydrogen-bond acceptors (Lipinski definition) is 3. The van der Waals surface area contributed by atoms with Crippen LogP contribution in [0.5, 0.6) is 5.75 Å². The Labute approximate surface area is 165 Å². The highest BCUT2D eigenvalue weighted by Gasteiger charge is 2.09. The Morgan fingerprint density at radius 3 is 2.19 bits per heavy atom. The maximum atomic E-state index is 6.07. The Kier molecular flexibility index (Phi) is 6.50. The summed E-state index contributed by atoms with van der Waals surface area (Å²) >= 11 is 6.01. The molecule has 0 radical (unpaired) electrons. The summed E-state index contributed by atoms with van der Waals surface area (Å²) in [5, 5.41) is 5.02. The molecular formula is C23H22ClNO2. The predicted molar refractivity (Wildman–Crippen MR) is 111 cm³/mol. The van der Waals surface area contributed by atoms with Crippen molar-refractivity contribution >= 4 is 17.3 Å². The Balaban J connectivity index is 1.77. The first-order valence-corrected chi connectivity index (χ1v) is 9.19. The minimum atomic E-state index is 0.308. The van der Waals surface area contributed by atoms with Gasteiger partial charge in [0.25, 0.3) is 0 Å². The van der Waals surface area contributed by atoms with Crippen LogP contribution in [0.25, 0.3) is 0 Å². The highest BCUT2D eigenvalue weighted by atomic mass is 35.5. The van der Waals surface area contributed by atoms with Crippen molar-refractivity contribution in [3.8, 4) is 5.75 Å². The number of aryl methyl sites for hydroxylation is 2. The molecule has 0 aromatic heterocycles. The van der Waals surface area contributed by atoms with Crippen LogP contribution in [0.4, 0.5) is 0 Å². The van der Waals surface area contributed by atoms with Crippen LogP contribution in [-0.4, -0.2) is 12.3 Å². The molecule has 0 unspecified atom stereocenters. The largest absolute Gasteiger partial charge is 0.487 e. The quantitative estimate of drug-likeness (QED) is 0.374. The van der Waals surface area contributed by atoms with Crippen LogP contribution < -0.4 is 4.74 Å². The van der Waals surface area contributed by atoms with Crippen LogP contribution >= 0.6 is 11.6 Å². The van der Waals surface area contributed by atoms with Crippen molar-refractivity contribution in [2.45, 2.75) is 20.5 Å². The van der Waals surface area contributed by atoms with Crippen molar-refractivity contribution in [2.24, 2.45) is 5.16 Å². The van der Waals surface area contributed by atoms with Gasteiger partial charge in [0.2, 0.25) is 0 Å². The number of halogens is 1. The maximum absolute atomic E-state index is 6.07. The second-order valence-corrected chi connectivity index (χ2v) is 6.75. The molecule has 0 fully saturated rings. The minimum absolute atomic E-state index is 0.308. The van der Waals surface area contributed by atoms with E-state index in [9.17, 15) is 0 Å². The average molecular weight is 380 g/mol. The molecule has 0 N–H and O–H groups in total. The smallest absolute Gasteiger partial charge is 0.142 e. The molecule has 27 heavy (non-hydrogen) atoms. The average Bonchev–Trinajstić information content (AvgIpc) is 2.68. The van der Waals surface area contributed by atoms with Crippen LogP contribution in [0.1, 0.15) is 22.3 Å². The van der Waals surface area contributed by atoms with Gasteiger partial charge in [0.15, 0.2) is 0 Å². The van der Waals surface area contributed by atoms with Crippen molar-refractivity contribution in [1.82, 2.24) is 0 Å². The second-order valence-electron chi connectivity index (χ2n) is 6.31. The summed E-state index contributed by atoms with van der Waals surface area (Å²) < 4.78 is 6.07. The summed E-state index contributed by atoms with van der Waals surface area (Å²) in [4.78, 5) is 5.59. The first kappa shape index (κ1) is 19.0. The molecule has 138 valence electrons. The molecule has 3 nitrogen and oxygen atoms in total. The molecule has 0 atom stereocenters.